The lowest BCUT2D eigenvalue weighted by Gasteiger charge is -2.40. The fourth-order valence-corrected chi connectivity index (χ4v) is 3.80. The molecule has 2 aliphatic heterocycles. The van der Waals surface area contributed by atoms with Crippen molar-refractivity contribution in [2.75, 3.05) is 32.7 Å². The zero-order valence-electron chi connectivity index (χ0n) is 15.9. The van der Waals surface area contributed by atoms with Gasteiger partial charge in [-0.2, -0.15) is 5.10 Å². The van der Waals surface area contributed by atoms with E-state index in [1.54, 1.807) is 17.7 Å². The number of hydrogen-bond acceptors (Lipinski definition) is 4. The maximum Gasteiger partial charge on any atom is 0.266 e. The summed E-state index contributed by atoms with van der Waals surface area (Å²) in [6.07, 6.45) is 1.11. The summed E-state index contributed by atoms with van der Waals surface area (Å²) in [6, 6.07) is 3.48. The molecule has 0 aromatic carbocycles. The summed E-state index contributed by atoms with van der Waals surface area (Å²) in [4.78, 5) is 27.9. The lowest BCUT2D eigenvalue weighted by molar-refractivity contribution is -0.127. The molecule has 138 valence electrons. The second kappa shape index (κ2) is 6.90. The van der Waals surface area contributed by atoms with Crippen LogP contribution in [0.3, 0.4) is 0 Å². The number of hydrogen-bond donors (Lipinski definition) is 0. The highest BCUT2D eigenvalue weighted by molar-refractivity contribution is 5.73. The second-order valence-electron chi connectivity index (χ2n) is 8.69. The quantitative estimate of drug-likeness (QED) is 0.826. The summed E-state index contributed by atoms with van der Waals surface area (Å²) in [5.74, 6) is 1.27. The van der Waals surface area contributed by atoms with E-state index in [-0.39, 0.29) is 16.9 Å². The van der Waals surface area contributed by atoms with E-state index in [4.69, 9.17) is 0 Å². The van der Waals surface area contributed by atoms with Crippen LogP contribution in [0, 0.1) is 11.8 Å². The molecular weight excluding hydrogens is 316 g/mol. The van der Waals surface area contributed by atoms with Crippen LogP contribution in [-0.4, -0.2) is 58.2 Å². The third kappa shape index (κ3) is 4.29. The van der Waals surface area contributed by atoms with Crippen LogP contribution in [0.4, 0.5) is 0 Å². The van der Waals surface area contributed by atoms with Crippen LogP contribution in [0.2, 0.25) is 0 Å². The first kappa shape index (κ1) is 18.1. The molecule has 1 aromatic rings. The average molecular weight is 346 g/mol. The van der Waals surface area contributed by atoms with Gasteiger partial charge in [-0.25, -0.2) is 4.68 Å². The molecule has 2 saturated heterocycles. The first-order valence-corrected chi connectivity index (χ1v) is 9.29. The highest BCUT2D eigenvalue weighted by atomic mass is 16.2. The van der Waals surface area contributed by atoms with Crippen molar-refractivity contribution in [2.45, 2.75) is 46.1 Å². The van der Waals surface area contributed by atoms with E-state index >= 15 is 0 Å². The van der Waals surface area contributed by atoms with Gasteiger partial charge in [0.15, 0.2) is 0 Å². The number of aromatic nitrogens is 2. The molecule has 1 amide bonds. The van der Waals surface area contributed by atoms with Crippen LogP contribution in [0.5, 0.6) is 0 Å². The van der Waals surface area contributed by atoms with Gasteiger partial charge in [0.2, 0.25) is 5.91 Å². The number of rotatable bonds is 4. The number of amides is 1. The van der Waals surface area contributed by atoms with Crippen LogP contribution in [0.25, 0.3) is 0 Å². The fraction of sp³-hybridized carbons (Fsp3) is 0.737. The maximum atomic E-state index is 12.1. The van der Waals surface area contributed by atoms with E-state index in [0.29, 0.717) is 18.4 Å². The summed E-state index contributed by atoms with van der Waals surface area (Å²) in [6.45, 7) is 13.6. The molecule has 0 radical (unpaired) electrons. The van der Waals surface area contributed by atoms with Gasteiger partial charge >= 0.3 is 0 Å². The van der Waals surface area contributed by atoms with Gasteiger partial charge in [0.25, 0.3) is 5.56 Å². The Kier molecular flexibility index (Phi) is 5.00. The lowest BCUT2D eigenvalue weighted by Crippen LogP contribution is -2.51. The van der Waals surface area contributed by atoms with Crippen molar-refractivity contribution in [1.29, 1.82) is 0 Å². The minimum atomic E-state index is -0.0494. The molecular formula is C19H30N4O2. The van der Waals surface area contributed by atoms with Crippen molar-refractivity contribution in [1.82, 2.24) is 19.6 Å². The smallest absolute Gasteiger partial charge is 0.266 e. The molecule has 3 heterocycles. The SMILES string of the molecule is CC(=O)N1CCC(CN2CC(Cn3nc(C(C)(C)C)ccc3=O)C2)C1. The molecule has 2 fully saturated rings. The Morgan fingerprint density at radius 2 is 1.88 bits per heavy atom. The van der Waals surface area contributed by atoms with E-state index < -0.39 is 0 Å². The van der Waals surface area contributed by atoms with E-state index in [1.165, 1.54) is 0 Å². The monoisotopic (exact) mass is 346 g/mol. The summed E-state index contributed by atoms with van der Waals surface area (Å²) in [5.41, 5.74) is 0.893. The topological polar surface area (TPSA) is 58.4 Å². The first-order valence-electron chi connectivity index (χ1n) is 9.29. The highest BCUT2D eigenvalue weighted by Crippen LogP contribution is 2.24. The first-order chi connectivity index (χ1) is 11.7. The third-order valence-electron chi connectivity index (χ3n) is 5.35. The Balaban J connectivity index is 1.49. The molecule has 1 atom stereocenters. The molecule has 6 heteroatoms. The average Bonchev–Trinajstić information content (AvgIpc) is 2.94. The molecule has 2 aliphatic rings. The molecule has 0 aliphatic carbocycles. The largest absolute Gasteiger partial charge is 0.343 e. The molecule has 0 spiro atoms. The number of carbonyl (C=O) groups excluding carboxylic acids is 1. The minimum absolute atomic E-state index is 0.0145. The van der Waals surface area contributed by atoms with Gasteiger partial charge < -0.3 is 9.80 Å². The molecule has 0 N–H and O–H groups in total. The molecule has 25 heavy (non-hydrogen) atoms. The molecule has 0 saturated carbocycles. The van der Waals surface area contributed by atoms with Gasteiger partial charge in [0.1, 0.15) is 0 Å². The molecule has 1 unspecified atom stereocenters. The van der Waals surface area contributed by atoms with Crippen molar-refractivity contribution in [3.05, 3.63) is 28.2 Å². The third-order valence-corrected chi connectivity index (χ3v) is 5.35. The number of carbonyl (C=O) groups is 1. The van der Waals surface area contributed by atoms with Crippen LogP contribution in [-0.2, 0) is 16.8 Å². The zero-order valence-corrected chi connectivity index (χ0v) is 15.9. The summed E-state index contributed by atoms with van der Waals surface area (Å²) >= 11 is 0. The Bertz CT molecular complexity index is 685. The standard InChI is InChI=1S/C19H30N4O2/c1-14(24)22-8-7-15(12-22)9-21-10-16(11-21)13-23-18(25)6-5-17(20-23)19(2,3)4/h5-6,15-16H,7-13H2,1-4H3. The van der Waals surface area contributed by atoms with Crippen molar-refractivity contribution in [3.63, 3.8) is 0 Å². The fourth-order valence-electron chi connectivity index (χ4n) is 3.80. The van der Waals surface area contributed by atoms with Crippen molar-refractivity contribution >= 4 is 5.91 Å². The van der Waals surface area contributed by atoms with Gasteiger partial charge in [-0.15, -0.1) is 0 Å². The van der Waals surface area contributed by atoms with Gasteiger partial charge in [-0.3, -0.25) is 9.59 Å². The van der Waals surface area contributed by atoms with E-state index in [9.17, 15) is 9.59 Å². The molecule has 0 bridgehead atoms. The van der Waals surface area contributed by atoms with Gasteiger partial charge in [-0.1, -0.05) is 20.8 Å². The van der Waals surface area contributed by atoms with E-state index in [1.807, 2.05) is 11.0 Å². The molecule has 3 rings (SSSR count). The predicted molar refractivity (Wildman–Crippen MR) is 97.5 cm³/mol. The van der Waals surface area contributed by atoms with Gasteiger partial charge in [-0.05, 0) is 18.4 Å². The Labute approximate surface area is 149 Å². The van der Waals surface area contributed by atoms with Crippen molar-refractivity contribution in [3.8, 4) is 0 Å². The van der Waals surface area contributed by atoms with Crippen LogP contribution in [0.15, 0.2) is 16.9 Å². The van der Waals surface area contributed by atoms with Crippen LogP contribution >= 0.6 is 0 Å². The van der Waals surface area contributed by atoms with Crippen LogP contribution < -0.4 is 5.56 Å². The minimum Gasteiger partial charge on any atom is -0.343 e. The summed E-state index contributed by atoms with van der Waals surface area (Å²) in [5, 5.41) is 4.56. The van der Waals surface area contributed by atoms with Gasteiger partial charge in [0.05, 0.1) is 12.2 Å². The Morgan fingerprint density at radius 1 is 1.16 bits per heavy atom. The zero-order chi connectivity index (χ0) is 18.2. The van der Waals surface area contributed by atoms with E-state index in [0.717, 1.165) is 44.8 Å². The summed E-state index contributed by atoms with van der Waals surface area (Å²) < 4.78 is 1.63. The maximum absolute atomic E-state index is 12.1. The lowest BCUT2D eigenvalue weighted by atomic mass is 9.92. The second-order valence-corrected chi connectivity index (χ2v) is 8.69. The normalized spacial score (nSPS) is 22.2. The van der Waals surface area contributed by atoms with Gasteiger partial charge in [0, 0.05) is 57.0 Å². The molecule has 6 nitrogen and oxygen atoms in total. The Hall–Kier alpha value is -1.69. The van der Waals surface area contributed by atoms with Crippen molar-refractivity contribution < 1.29 is 4.79 Å². The van der Waals surface area contributed by atoms with Crippen molar-refractivity contribution in [2.24, 2.45) is 11.8 Å². The predicted octanol–water partition coefficient (Wildman–Crippen LogP) is 1.34. The van der Waals surface area contributed by atoms with E-state index in [2.05, 4.69) is 30.8 Å². The molecule has 1 aromatic heterocycles. The Morgan fingerprint density at radius 3 is 2.48 bits per heavy atom. The number of likely N-dealkylation sites (tertiary alicyclic amines) is 2. The van der Waals surface area contributed by atoms with Crippen LogP contribution in [0.1, 0.15) is 39.8 Å². The number of nitrogens with zero attached hydrogens (tertiary/aromatic N) is 4. The highest BCUT2D eigenvalue weighted by Gasteiger charge is 2.32. The summed E-state index contributed by atoms with van der Waals surface area (Å²) in [7, 11) is 0.